The summed E-state index contributed by atoms with van der Waals surface area (Å²) in [6.07, 6.45) is -9.86. The molecule has 99 heavy (non-hydrogen) atoms. The van der Waals surface area contributed by atoms with E-state index in [9.17, 15) is 52.6 Å². The number of nitrogens with one attached hydrogen (secondary N) is 3. The van der Waals surface area contributed by atoms with Crippen molar-refractivity contribution >= 4 is 63.3 Å². The number of aromatic nitrogens is 6. The Morgan fingerprint density at radius 1 is 0.667 bits per heavy atom. The fourth-order valence-corrected chi connectivity index (χ4v) is 14.6. The lowest BCUT2D eigenvalue weighted by Crippen LogP contribution is -2.45. The minimum Gasteiger partial charge on any atom is -0.479 e. The van der Waals surface area contributed by atoms with E-state index in [-0.39, 0.29) is 49.9 Å². The number of nitrogens with zero attached hydrogens (tertiary/aromatic N) is 8. The van der Waals surface area contributed by atoms with Crippen molar-refractivity contribution in [3.05, 3.63) is 59.3 Å². The largest absolute Gasteiger partial charge is 0.479 e. The lowest BCUT2D eigenvalue weighted by Gasteiger charge is -2.33. The average molecular weight is 1480 g/mol. The van der Waals surface area contributed by atoms with Gasteiger partial charge >= 0.3 is 23.6 Å². The van der Waals surface area contributed by atoms with Crippen molar-refractivity contribution in [1.29, 1.82) is 0 Å². The number of carbonyl (C=O) groups excluding carboxylic acids is 3. The van der Waals surface area contributed by atoms with Crippen molar-refractivity contribution in [2.24, 2.45) is 27.0 Å². The third-order valence-electron chi connectivity index (χ3n) is 15.9. The van der Waals surface area contributed by atoms with Gasteiger partial charge in [-0.3, -0.25) is 37.2 Å². The Kier molecular flexibility index (Phi) is 30.1. The molecule has 4 aliphatic rings. The minimum atomic E-state index is -3.58. The Hall–Kier alpha value is -5.88. The van der Waals surface area contributed by atoms with Crippen LogP contribution in [0.1, 0.15) is 109 Å². The molecule has 7 rings (SSSR count). The quantitative estimate of drug-likeness (QED) is 0.0196. The first kappa shape index (κ1) is 85.5. The first-order chi connectivity index (χ1) is 45.3. The van der Waals surface area contributed by atoms with Crippen LogP contribution < -0.4 is 37.2 Å². The highest BCUT2D eigenvalue weighted by Crippen LogP contribution is 2.52. The molecule has 18 atom stereocenters. The standard InChI is InChI=1S/C21H33FN5O7P.C19H31F2N4O6P.C18H30FN4O7P.CH4/c1-11(2)33-20(29)12(3)26-35(7,30)32-9-21(5)14(8-28)34-19(16(21)22)27-10-23-15-17(27)24-13(4)25-18(15)31-6;1-10(2)30-18(27)11(3)24-32(6,28)29-9-19(5)14(8-26)31-17(15(19)21)25-7-13(20)16(22)23-12(25)4;1-10(2)29-16(25)11(3)22-31(5,27)28-9-18(4)12(8-24)30-15(14(18)19)23-7-6-13(20)21-17(23)26;/h10-12,14,16,19,28H,8-9H2,1-7H3,(H,26,30);7,10-11,14-15,17,26H,4,8-9H2,1-3,5-6H3,(H2,22,23)(H,24,28);6-7,10-12,14-15,24H,8-9H2,1-5H3,(H,22,27)(H2,20,21,26);1H4/t12-,14+,16-,19+,21?,35?;11-,14+,15-,17-,19?,32?;11-,12+,14-,15-,18?,31?;/m000./s1. The molecule has 0 aliphatic carbocycles. The third-order valence-corrected chi connectivity index (χ3v) is 20.4. The number of methoxy groups -OCH3 is 1. The molecule has 3 saturated heterocycles. The van der Waals surface area contributed by atoms with Crippen molar-refractivity contribution < 1.29 is 108 Å². The molecule has 6 unspecified atom stereocenters. The van der Waals surface area contributed by atoms with Gasteiger partial charge in [0, 0.05) is 32.4 Å². The van der Waals surface area contributed by atoms with Gasteiger partial charge in [0.25, 0.3) is 22.6 Å². The molecule has 4 aliphatic heterocycles. The number of aryl methyl sites for hydroxylation is 1. The molecule has 0 bridgehead atoms. The molecule has 10 N–H and O–H groups in total. The van der Waals surface area contributed by atoms with E-state index >= 15 is 13.2 Å². The molecular formula is C59H98F4N13O20P3. The molecule has 7 heterocycles. The molecule has 3 aromatic rings. The first-order valence-corrected chi connectivity index (χ1v) is 37.2. The van der Waals surface area contributed by atoms with Crippen molar-refractivity contribution in [3.8, 4) is 5.88 Å². The topological polar surface area (TPSA) is 438 Å². The van der Waals surface area contributed by atoms with Gasteiger partial charge in [0.05, 0.1) is 106 Å². The molecular weight excluding hydrogens is 1380 g/mol. The minimum absolute atomic E-state index is 0. The van der Waals surface area contributed by atoms with Crippen LogP contribution in [0.25, 0.3) is 11.2 Å². The van der Waals surface area contributed by atoms with Crippen molar-refractivity contribution in [1.82, 2.24) is 49.2 Å². The lowest BCUT2D eigenvalue weighted by molar-refractivity contribution is -0.149. The summed E-state index contributed by atoms with van der Waals surface area (Å²) in [6.45, 7) is 25.2. The summed E-state index contributed by atoms with van der Waals surface area (Å²) in [5.74, 6) is -2.52. The zero-order chi connectivity index (χ0) is 74.1. The maximum absolute atomic E-state index is 15.9. The number of ether oxygens (including phenoxy) is 7. The molecule has 0 saturated carbocycles. The van der Waals surface area contributed by atoms with Crippen molar-refractivity contribution in [2.45, 2.75) is 189 Å². The van der Waals surface area contributed by atoms with Gasteiger partial charge in [0.2, 0.25) is 5.88 Å². The Balaban J connectivity index is 0.000000314. The fourth-order valence-electron chi connectivity index (χ4n) is 10.4. The fraction of sp³-hybridized carbons (Fsp3) is 0.712. The van der Waals surface area contributed by atoms with Crippen molar-refractivity contribution in [2.75, 3.05) is 72.5 Å². The highest BCUT2D eigenvalue weighted by atomic mass is 31.2. The van der Waals surface area contributed by atoms with Crippen LogP contribution in [-0.2, 0) is 70.1 Å². The summed E-state index contributed by atoms with van der Waals surface area (Å²) < 4.78 is 156. The van der Waals surface area contributed by atoms with Gasteiger partial charge in [-0.15, -0.1) is 0 Å². The van der Waals surface area contributed by atoms with E-state index in [2.05, 4.69) is 46.8 Å². The van der Waals surface area contributed by atoms with Crippen LogP contribution >= 0.6 is 22.6 Å². The van der Waals surface area contributed by atoms with Gasteiger partial charge in [-0.2, -0.15) is 9.97 Å². The second-order valence-electron chi connectivity index (χ2n) is 25.6. The summed E-state index contributed by atoms with van der Waals surface area (Å²) in [7, 11) is -9.25. The number of fused-ring (bicyclic) bond motifs is 1. The highest BCUT2D eigenvalue weighted by Gasteiger charge is 2.59. The number of carbonyl (C=O) groups is 3. The third kappa shape index (κ3) is 21.1. The van der Waals surface area contributed by atoms with E-state index in [4.69, 9.17) is 58.2 Å². The number of rotatable bonds is 28. The maximum Gasteiger partial charge on any atom is 0.351 e. The molecule has 562 valence electrons. The van der Waals surface area contributed by atoms with Crippen molar-refractivity contribution in [3.63, 3.8) is 0 Å². The number of halogens is 4. The van der Waals surface area contributed by atoms with Gasteiger partial charge < -0.3 is 78.4 Å². The Bertz CT molecular complexity index is 3580. The number of imidazole rings is 1. The van der Waals surface area contributed by atoms with E-state index in [1.807, 2.05) is 0 Å². The van der Waals surface area contributed by atoms with Crippen LogP contribution in [0.2, 0.25) is 0 Å². The summed E-state index contributed by atoms with van der Waals surface area (Å²) in [4.78, 5) is 69.1. The zero-order valence-corrected chi connectivity index (χ0v) is 60.5. The van der Waals surface area contributed by atoms with Gasteiger partial charge in [0.1, 0.15) is 35.6 Å². The van der Waals surface area contributed by atoms with Gasteiger partial charge in [-0.1, -0.05) is 34.8 Å². The van der Waals surface area contributed by atoms with Gasteiger partial charge in [0.15, 0.2) is 60.0 Å². The van der Waals surface area contributed by atoms with Gasteiger partial charge in [-0.05, 0) is 75.3 Å². The molecule has 3 aromatic heterocycles. The molecule has 40 heteroatoms. The number of aliphatic hydroxyl groups is 3. The highest BCUT2D eigenvalue weighted by molar-refractivity contribution is 7.56. The number of nitrogen functional groups attached to an aromatic ring is 1. The van der Waals surface area contributed by atoms with E-state index in [0.717, 1.165) is 15.7 Å². The predicted molar refractivity (Wildman–Crippen MR) is 355 cm³/mol. The van der Waals surface area contributed by atoms with Crippen LogP contribution in [0.15, 0.2) is 52.8 Å². The Morgan fingerprint density at radius 2 is 1.04 bits per heavy atom. The molecule has 3 fully saturated rings. The normalized spacial score (nSPS) is 28.8. The summed E-state index contributed by atoms with van der Waals surface area (Å²) >= 11 is 0. The number of esters is 3. The zero-order valence-electron chi connectivity index (χ0n) is 57.8. The molecule has 0 spiro atoms. The number of hydrogen-bond donors (Lipinski definition) is 8. The molecule has 33 nitrogen and oxygen atoms in total. The SMILES string of the molecule is C.C=C1N=C(N)C(F)=CN1[C@H]1O[C@H](CO)C(C)(COP(C)(=O)N[C@@H](C)C(=O)OC(C)C)[C@H]1F.CC(C)OC(=O)[C@H](C)NP(C)(=O)OCC1(C)[C@@H](CO)O[C@H](n2ccc(N)nc2=O)[C@@H]1F.COc1nc(C)nc2c1ncn2[C@@H]1O[C@H](CO)C(C)(COP(C)(=O)N[C@@H](C)C(=O)OC(C)C)[C@H]1F. The summed E-state index contributed by atoms with van der Waals surface area (Å²) in [5.41, 5.74) is 6.41. The number of aliphatic hydroxyl groups excluding tert-OH is 3. The van der Waals surface area contributed by atoms with E-state index in [0.29, 0.717) is 17.0 Å². The predicted octanol–water partition coefficient (Wildman–Crippen LogP) is 5.38. The number of amidine groups is 1. The smallest absolute Gasteiger partial charge is 0.351 e. The summed E-state index contributed by atoms with van der Waals surface area (Å²) in [5, 5.41) is 37.2. The number of anilines is 1. The van der Waals surface area contributed by atoms with E-state index in [1.54, 1.807) is 48.5 Å². The van der Waals surface area contributed by atoms with Crippen LogP contribution in [0.3, 0.4) is 0 Å². The monoisotopic (exact) mass is 1480 g/mol. The number of alkyl halides is 3. The van der Waals surface area contributed by atoms with E-state index < -0.39 is 181 Å². The number of hydrogen-bond acceptors (Lipinski definition) is 28. The Morgan fingerprint density at radius 3 is 1.40 bits per heavy atom. The molecule has 0 amide bonds. The van der Waals surface area contributed by atoms with Crippen LogP contribution in [-0.4, -0.2) is 219 Å². The second kappa shape index (κ2) is 34.9. The Labute approximate surface area is 572 Å². The van der Waals surface area contributed by atoms with Crippen LogP contribution in [0.5, 0.6) is 5.88 Å². The van der Waals surface area contributed by atoms with Crippen LogP contribution in [0, 0.1) is 23.2 Å². The second-order valence-corrected chi connectivity index (χ2v) is 32.3. The lowest BCUT2D eigenvalue weighted by atomic mass is 9.82. The number of aliphatic imine (C=N–C) groups is 1. The summed E-state index contributed by atoms with van der Waals surface area (Å²) in [6, 6.07) is -1.44. The average Bonchev–Trinajstić information content (AvgIpc) is 1.61. The molecule has 0 aromatic carbocycles. The first-order valence-electron chi connectivity index (χ1n) is 31.0. The maximum atomic E-state index is 15.9. The van der Waals surface area contributed by atoms with E-state index in [1.165, 1.54) is 91.8 Å². The van der Waals surface area contributed by atoms with Gasteiger partial charge in [-0.25, -0.2) is 52.6 Å². The molecule has 0 radical (unpaired) electrons. The van der Waals surface area contributed by atoms with Crippen LogP contribution in [0.4, 0.5) is 23.4 Å². The number of nitrogens with two attached hydrogens (primary N) is 2.